The third-order valence-electron chi connectivity index (χ3n) is 8.37. The van der Waals surface area contributed by atoms with E-state index < -0.39 is 47.1 Å². The summed E-state index contributed by atoms with van der Waals surface area (Å²) in [5, 5.41) is 3.02. The van der Waals surface area contributed by atoms with E-state index in [0.717, 1.165) is 12.1 Å². The van der Waals surface area contributed by atoms with E-state index in [-0.39, 0.29) is 71.1 Å². The summed E-state index contributed by atoms with van der Waals surface area (Å²) in [5.41, 5.74) is -0.0450. The van der Waals surface area contributed by atoms with Crippen LogP contribution in [0.4, 0.5) is 18.0 Å². The number of hydrogen-bond donors (Lipinski definition) is 1. The predicted octanol–water partition coefficient (Wildman–Crippen LogP) is 5.80. The highest BCUT2D eigenvalue weighted by Crippen LogP contribution is 2.38. The van der Waals surface area contributed by atoms with Gasteiger partial charge >= 0.3 is 12.0 Å². The van der Waals surface area contributed by atoms with Crippen molar-refractivity contribution in [2.75, 3.05) is 33.3 Å². The zero-order valence-corrected chi connectivity index (χ0v) is 27.6. The molecule has 1 N–H and O–H groups in total. The lowest BCUT2D eigenvalue weighted by molar-refractivity contribution is -0.150. The Kier molecular flexibility index (Phi) is 10.5. The predicted molar refractivity (Wildman–Crippen MR) is 170 cm³/mol. The number of hydrogen-bond acceptors (Lipinski definition) is 7. The Bertz CT molecular complexity index is 1560. The number of halogens is 4. The highest BCUT2D eigenvalue weighted by atomic mass is 35.5. The third-order valence-corrected chi connectivity index (χ3v) is 8.69. The Labute approximate surface area is 272 Å². The molecule has 2 amide bonds. The molecule has 0 saturated carbocycles. The van der Waals surface area contributed by atoms with Gasteiger partial charge in [0.25, 0.3) is 0 Å². The SMILES string of the molecule is C=C(C1=N[C@@H](c2ccc(F)cc2Cl)C(C(=O)CC)=C(CN2CCN3C(=O)N(C(C)(C)C)C[C@@H]3C2C(=O)OC)N1)/C(F)=C\C(F)=C/C. The third kappa shape index (κ3) is 6.92. The molecule has 2 saturated heterocycles. The molecule has 13 heteroatoms. The van der Waals surface area contributed by atoms with Crippen molar-refractivity contribution in [2.45, 2.75) is 64.7 Å². The van der Waals surface area contributed by atoms with Crippen molar-refractivity contribution in [1.82, 2.24) is 20.0 Å². The molecule has 1 unspecified atom stereocenters. The number of carbonyl (C=O) groups excluding carboxylic acids is 3. The number of Topliss-reactive ketones (excluding diaryl/α,β-unsaturated/α-hetero) is 1. The number of benzene rings is 1. The smallest absolute Gasteiger partial charge is 0.325 e. The summed E-state index contributed by atoms with van der Waals surface area (Å²) in [7, 11) is 1.27. The minimum atomic E-state index is -1.11. The molecular weight excluding hydrogens is 623 g/mol. The van der Waals surface area contributed by atoms with Crippen LogP contribution < -0.4 is 5.32 Å². The molecule has 3 heterocycles. The Morgan fingerprint density at radius 1 is 1.24 bits per heavy atom. The zero-order chi connectivity index (χ0) is 34.1. The number of esters is 1. The Balaban J connectivity index is 1.83. The highest BCUT2D eigenvalue weighted by molar-refractivity contribution is 6.31. The number of methoxy groups -OCH3 is 1. The van der Waals surface area contributed by atoms with Crippen LogP contribution in [0.25, 0.3) is 0 Å². The number of rotatable bonds is 9. The fourth-order valence-corrected chi connectivity index (χ4v) is 6.19. The summed E-state index contributed by atoms with van der Waals surface area (Å²) in [6, 6.07) is 0.917. The number of aliphatic imine (C=N–C) groups is 1. The molecule has 0 spiro atoms. The number of nitrogens with zero attached hydrogens (tertiary/aromatic N) is 4. The summed E-state index contributed by atoms with van der Waals surface area (Å²) >= 11 is 6.46. The molecule has 248 valence electrons. The number of fused-ring (bicyclic) bond motifs is 1. The minimum absolute atomic E-state index is 0.00914. The molecule has 0 bridgehead atoms. The number of amides is 2. The van der Waals surface area contributed by atoms with E-state index in [1.165, 1.54) is 26.2 Å². The lowest BCUT2D eigenvalue weighted by atomic mass is 9.90. The van der Waals surface area contributed by atoms with Crippen LogP contribution in [0.5, 0.6) is 0 Å². The van der Waals surface area contributed by atoms with Crippen LogP contribution in [-0.2, 0) is 14.3 Å². The molecule has 3 aliphatic heterocycles. The van der Waals surface area contributed by atoms with Crippen LogP contribution >= 0.6 is 11.6 Å². The first-order valence-corrected chi connectivity index (χ1v) is 15.3. The van der Waals surface area contributed by atoms with Gasteiger partial charge in [0, 0.05) is 71.6 Å². The van der Waals surface area contributed by atoms with Crippen LogP contribution in [-0.4, -0.2) is 89.2 Å². The van der Waals surface area contributed by atoms with Crippen molar-refractivity contribution >= 4 is 35.2 Å². The maximum Gasteiger partial charge on any atom is 0.325 e. The molecular formula is C33H39ClF3N5O4. The Morgan fingerprint density at radius 3 is 2.52 bits per heavy atom. The molecule has 1 aromatic rings. The number of ketones is 1. The summed E-state index contributed by atoms with van der Waals surface area (Å²) < 4.78 is 48.5. The molecule has 3 aliphatic rings. The normalized spacial score (nSPS) is 22.9. The number of piperazine rings is 1. The molecule has 9 nitrogen and oxygen atoms in total. The maximum absolute atomic E-state index is 15.2. The first-order valence-electron chi connectivity index (χ1n) is 15.0. The molecule has 3 atom stereocenters. The van der Waals surface area contributed by atoms with Crippen LogP contribution in [0.15, 0.2) is 70.4 Å². The number of carbonyl (C=O) groups is 3. The lowest BCUT2D eigenvalue weighted by Gasteiger charge is -2.43. The summed E-state index contributed by atoms with van der Waals surface area (Å²) in [5.74, 6) is -3.43. The van der Waals surface area contributed by atoms with Crippen molar-refractivity contribution < 1.29 is 32.3 Å². The molecule has 0 aromatic heterocycles. The Hall–Kier alpha value is -3.90. The van der Waals surface area contributed by atoms with Gasteiger partial charge in [-0.25, -0.2) is 18.0 Å². The highest BCUT2D eigenvalue weighted by Gasteiger charge is 2.52. The quantitative estimate of drug-likeness (QED) is 0.266. The topological polar surface area (TPSA) is 94.6 Å². The molecule has 1 aromatic carbocycles. The summed E-state index contributed by atoms with van der Waals surface area (Å²) in [6.45, 7) is 13.4. The van der Waals surface area contributed by atoms with E-state index in [1.807, 2.05) is 20.8 Å². The molecule has 0 radical (unpaired) electrons. The van der Waals surface area contributed by atoms with Gasteiger partial charge in [0.15, 0.2) is 5.78 Å². The van der Waals surface area contributed by atoms with Gasteiger partial charge in [0.05, 0.1) is 13.2 Å². The monoisotopic (exact) mass is 661 g/mol. The van der Waals surface area contributed by atoms with E-state index in [4.69, 9.17) is 16.3 Å². The van der Waals surface area contributed by atoms with Gasteiger partial charge < -0.3 is 19.9 Å². The van der Waals surface area contributed by atoms with Crippen LogP contribution in [0, 0.1) is 5.82 Å². The second-order valence-electron chi connectivity index (χ2n) is 12.2. The Morgan fingerprint density at radius 2 is 1.93 bits per heavy atom. The average Bonchev–Trinajstić information content (AvgIpc) is 3.36. The summed E-state index contributed by atoms with van der Waals surface area (Å²) in [6.07, 6.45) is 1.80. The van der Waals surface area contributed by atoms with Crippen LogP contribution in [0.2, 0.25) is 5.02 Å². The minimum Gasteiger partial charge on any atom is -0.468 e. The van der Waals surface area contributed by atoms with Gasteiger partial charge in [-0.05, 0) is 39.8 Å². The average molecular weight is 662 g/mol. The van der Waals surface area contributed by atoms with Crippen molar-refractivity contribution in [1.29, 1.82) is 0 Å². The molecule has 2 fully saturated rings. The van der Waals surface area contributed by atoms with Gasteiger partial charge in [0.1, 0.15) is 35.4 Å². The largest absolute Gasteiger partial charge is 0.468 e. The number of allylic oxidation sites excluding steroid dienone is 3. The van der Waals surface area contributed by atoms with Crippen molar-refractivity contribution in [2.24, 2.45) is 4.99 Å². The fourth-order valence-electron chi connectivity index (χ4n) is 5.92. The fraction of sp³-hybridized carbons (Fsp3) is 0.455. The lowest BCUT2D eigenvalue weighted by Crippen LogP contribution is -2.62. The number of urea groups is 1. The van der Waals surface area contributed by atoms with Crippen LogP contribution in [0.1, 0.15) is 52.6 Å². The van der Waals surface area contributed by atoms with Gasteiger partial charge in [-0.3, -0.25) is 19.5 Å². The van der Waals surface area contributed by atoms with Crippen molar-refractivity contribution in [3.8, 4) is 0 Å². The maximum atomic E-state index is 15.2. The van der Waals surface area contributed by atoms with E-state index >= 15 is 4.39 Å². The van der Waals surface area contributed by atoms with E-state index in [0.29, 0.717) is 12.6 Å². The first-order chi connectivity index (χ1) is 21.6. The van der Waals surface area contributed by atoms with Gasteiger partial charge in [-0.2, -0.15) is 0 Å². The van der Waals surface area contributed by atoms with Crippen LogP contribution in [0.3, 0.4) is 0 Å². The number of nitrogens with one attached hydrogen (secondary N) is 1. The number of amidine groups is 1. The second-order valence-corrected chi connectivity index (χ2v) is 12.7. The van der Waals surface area contributed by atoms with Gasteiger partial charge in [-0.15, -0.1) is 0 Å². The molecule has 0 aliphatic carbocycles. The van der Waals surface area contributed by atoms with Gasteiger partial charge in [-0.1, -0.05) is 37.2 Å². The standard InChI is InChI=1S/C33H39ClF3N5O4/c1-8-19(35)15-23(37)18(3)30-38-24(27(26(43)9-2)28(39-30)21-11-10-20(36)14-22(21)34)16-40-12-13-41-25(29(40)31(44)46-7)17-42(32(41)45)33(4,5)6/h8,10-11,14-15,25,28-29H,3,9,12-13,16-17H2,1-2,4-7H3,(H,38,39)/b19-8+,23-15+/t25-,28+,29?/m1/s1. The summed E-state index contributed by atoms with van der Waals surface area (Å²) in [4.78, 5) is 50.0. The molecule has 46 heavy (non-hydrogen) atoms. The van der Waals surface area contributed by atoms with Crippen molar-refractivity contribution in [3.05, 3.63) is 81.8 Å². The number of ether oxygens (including phenoxy) is 1. The second kappa shape index (κ2) is 13.8. The van der Waals surface area contributed by atoms with Gasteiger partial charge in [0.2, 0.25) is 0 Å². The van der Waals surface area contributed by atoms with E-state index in [1.54, 1.807) is 21.6 Å². The van der Waals surface area contributed by atoms with E-state index in [2.05, 4.69) is 16.9 Å². The molecule has 4 rings (SSSR count). The van der Waals surface area contributed by atoms with Crippen molar-refractivity contribution in [3.63, 3.8) is 0 Å². The first kappa shape index (κ1) is 35.0. The van der Waals surface area contributed by atoms with E-state index in [9.17, 15) is 23.2 Å². The zero-order valence-electron chi connectivity index (χ0n) is 26.8.